The summed E-state index contributed by atoms with van der Waals surface area (Å²) in [5, 5.41) is 7.54. The number of aryl methyl sites for hydroxylation is 7. The number of hydrogen-bond donors (Lipinski definition) is 0. The Morgan fingerprint density at radius 1 is 0.342 bits per heavy atom. The van der Waals surface area contributed by atoms with Gasteiger partial charge in [0.2, 0.25) is 13.4 Å². The van der Waals surface area contributed by atoms with Crippen LogP contribution in [0.3, 0.4) is 0 Å². The number of rotatable bonds is 9. The van der Waals surface area contributed by atoms with Crippen LogP contribution in [-0.4, -0.2) is 21.5 Å². The van der Waals surface area contributed by atoms with Gasteiger partial charge in [-0.25, -0.2) is 0 Å². The van der Waals surface area contributed by atoms with Gasteiger partial charge in [-0.15, -0.1) is 0 Å². The van der Waals surface area contributed by atoms with E-state index in [1.165, 1.54) is 110 Å². The van der Waals surface area contributed by atoms with Crippen LogP contribution in [0.1, 0.15) is 38.9 Å². The average molecular weight is 1030 g/mol. The zero-order valence-electron chi connectivity index (χ0n) is 46.0. The third-order valence-electron chi connectivity index (χ3n) is 17.4. The first kappa shape index (κ1) is 48.5. The molecule has 0 saturated heterocycles. The second-order valence-electron chi connectivity index (χ2n) is 22.4. The Labute approximate surface area is 466 Å². The van der Waals surface area contributed by atoms with Crippen molar-refractivity contribution in [2.24, 2.45) is 0 Å². The maximum atomic E-state index is 6.77. The summed E-state index contributed by atoms with van der Waals surface area (Å²) in [5.74, 6) is 0. The Morgan fingerprint density at radius 2 is 0.823 bits per heavy atom. The molecule has 0 amide bonds. The molecule has 0 unspecified atom stereocenters. The molecule has 14 rings (SSSR count). The van der Waals surface area contributed by atoms with E-state index in [-0.39, 0.29) is 13.4 Å². The molecule has 79 heavy (non-hydrogen) atoms. The number of furan rings is 1. The predicted octanol–water partition coefficient (Wildman–Crippen LogP) is 11.7. The molecular formula is C73H60B2N2OSi. The Hall–Kier alpha value is -8.83. The molecule has 0 bridgehead atoms. The molecule has 0 atom stereocenters. The van der Waals surface area contributed by atoms with Crippen molar-refractivity contribution in [2.75, 3.05) is 9.80 Å². The number of para-hydroxylation sites is 3. The number of anilines is 6. The summed E-state index contributed by atoms with van der Waals surface area (Å²) < 4.78 is 6.77. The van der Waals surface area contributed by atoms with Gasteiger partial charge in [0.1, 0.15) is 11.2 Å². The van der Waals surface area contributed by atoms with Crippen LogP contribution in [-0.2, 0) is 0 Å². The monoisotopic (exact) mass is 1030 g/mol. The highest BCUT2D eigenvalue weighted by Crippen LogP contribution is 2.40. The fourth-order valence-electron chi connectivity index (χ4n) is 14.1. The van der Waals surface area contributed by atoms with Gasteiger partial charge in [-0.05, 0) is 152 Å². The molecule has 0 saturated carbocycles. The van der Waals surface area contributed by atoms with Crippen LogP contribution in [0.2, 0.25) is 0 Å². The van der Waals surface area contributed by atoms with E-state index < -0.39 is 8.07 Å². The van der Waals surface area contributed by atoms with Crippen LogP contribution >= 0.6 is 0 Å². The van der Waals surface area contributed by atoms with Gasteiger partial charge in [-0.3, -0.25) is 0 Å². The zero-order chi connectivity index (χ0) is 53.7. The first-order chi connectivity index (χ1) is 38.6. The third-order valence-corrected chi connectivity index (χ3v) is 22.2. The molecule has 2 aliphatic heterocycles. The van der Waals surface area contributed by atoms with E-state index in [1.54, 1.807) is 0 Å². The Kier molecular flexibility index (Phi) is 11.7. The van der Waals surface area contributed by atoms with Crippen molar-refractivity contribution < 1.29 is 4.42 Å². The summed E-state index contributed by atoms with van der Waals surface area (Å²) in [5.41, 5.74) is 26.0. The number of benzene rings is 11. The molecule has 2 aliphatic rings. The van der Waals surface area contributed by atoms with Crippen LogP contribution in [0.4, 0.5) is 34.1 Å². The minimum atomic E-state index is -3.14. The molecular weight excluding hydrogens is 971 g/mol. The summed E-state index contributed by atoms with van der Waals surface area (Å²) in [4.78, 5) is 5.06. The van der Waals surface area contributed by atoms with Crippen LogP contribution in [0.25, 0.3) is 21.9 Å². The van der Waals surface area contributed by atoms with Crippen molar-refractivity contribution in [3.8, 4) is 0 Å². The number of hydrogen-bond acceptors (Lipinski definition) is 3. The zero-order valence-corrected chi connectivity index (χ0v) is 47.0. The van der Waals surface area contributed by atoms with Crippen LogP contribution in [0.15, 0.2) is 241 Å². The molecule has 0 fully saturated rings. The fraction of sp³-hybridized carbons (Fsp3) is 0.0959. The Morgan fingerprint density at radius 3 is 1.44 bits per heavy atom. The Balaban J connectivity index is 1.06. The van der Waals surface area contributed by atoms with E-state index in [4.69, 9.17) is 4.42 Å². The van der Waals surface area contributed by atoms with E-state index in [9.17, 15) is 0 Å². The average Bonchev–Trinajstić information content (AvgIpc) is 3.96. The van der Waals surface area contributed by atoms with Crippen molar-refractivity contribution >= 4 is 131 Å². The van der Waals surface area contributed by atoms with Crippen molar-refractivity contribution in [2.45, 2.75) is 48.5 Å². The van der Waals surface area contributed by atoms with Gasteiger partial charge < -0.3 is 14.2 Å². The second-order valence-corrected chi connectivity index (χ2v) is 26.2. The minimum absolute atomic E-state index is 0.0519. The fourth-order valence-corrected chi connectivity index (χ4v) is 18.9. The standard InChI is InChI=1S/C73H60B2N2OSi/c1-47-29-33-54(34-30-47)76(55-35-31-48(2)32-36-55)56-43-52(6)72(53(7)44-56)75-65-26-18-25-64-73(65)77(67-27-16-15-24-63(67)74(64)71-50(4)41-49(3)42-51(71)5)68-40-38-59(45-66(68)75)79(57-19-10-8-11-20-57,58-21-12-9-13-22-58)60-37-39-62-61-23-14-17-28-69(61)78-70(62)46-60/h8-46H,1-7H3. The molecule has 0 spiro atoms. The van der Waals surface area contributed by atoms with Crippen molar-refractivity contribution in [3.63, 3.8) is 0 Å². The van der Waals surface area contributed by atoms with Crippen LogP contribution in [0, 0.1) is 48.5 Å². The molecule has 378 valence electrons. The van der Waals surface area contributed by atoms with Gasteiger partial charge in [0, 0.05) is 44.9 Å². The minimum Gasteiger partial charge on any atom is -0.456 e. The van der Waals surface area contributed by atoms with E-state index in [0.29, 0.717) is 0 Å². The quantitative estimate of drug-likeness (QED) is 0.106. The summed E-state index contributed by atoms with van der Waals surface area (Å²) in [6.07, 6.45) is 0. The summed E-state index contributed by atoms with van der Waals surface area (Å²) >= 11 is 0. The summed E-state index contributed by atoms with van der Waals surface area (Å²) in [7, 11) is -3.14. The predicted molar refractivity (Wildman–Crippen MR) is 342 cm³/mol. The highest BCUT2D eigenvalue weighted by molar-refractivity contribution is 7.20. The molecule has 3 heterocycles. The van der Waals surface area contributed by atoms with Gasteiger partial charge in [-0.2, -0.15) is 0 Å². The number of nitrogens with zero attached hydrogens (tertiary/aromatic N) is 2. The lowest BCUT2D eigenvalue weighted by Crippen LogP contribution is -2.75. The molecule has 1 aromatic heterocycles. The van der Waals surface area contributed by atoms with E-state index in [0.717, 1.165) is 39.0 Å². The first-order valence-corrected chi connectivity index (χ1v) is 29.9. The lowest BCUT2D eigenvalue weighted by atomic mass is 9.29. The molecule has 12 aromatic rings. The van der Waals surface area contributed by atoms with Gasteiger partial charge in [-0.1, -0.05) is 226 Å². The van der Waals surface area contributed by atoms with Gasteiger partial charge in [0.25, 0.3) is 0 Å². The van der Waals surface area contributed by atoms with Crippen LogP contribution in [0.5, 0.6) is 0 Å². The normalized spacial score (nSPS) is 12.7. The summed E-state index contributed by atoms with van der Waals surface area (Å²) in [6, 6.07) is 89.8. The smallest absolute Gasteiger partial charge is 0.247 e. The van der Waals surface area contributed by atoms with E-state index >= 15 is 0 Å². The van der Waals surface area contributed by atoms with Gasteiger partial charge in [0.05, 0.1) is 0 Å². The third kappa shape index (κ3) is 7.71. The summed E-state index contributed by atoms with van der Waals surface area (Å²) in [6.45, 7) is 15.8. The van der Waals surface area contributed by atoms with E-state index in [2.05, 4.69) is 295 Å². The molecule has 11 aromatic carbocycles. The number of fused-ring (bicyclic) bond motifs is 7. The molecule has 0 radical (unpaired) electrons. The van der Waals surface area contributed by atoms with Crippen molar-refractivity contribution in [1.29, 1.82) is 0 Å². The van der Waals surface area contributed by atoms with Crippen molar-refractivity contribution in [3.05, 3.63) is 276 Å². The highest BCUT2D eigenvalue weighted by atomic mass is 28.3. The first-order valence-electron chi connectivity index (χ1n) is 27.9. The highest BCUT2D eigenvalue weighted by Gasteiger charge is 2.47. The van der Waals surface area contributed by atoms with E-state index in [1.807, 2.05) is 0 Å². The molecule has 6 heteroatoms. The lowest BCUT2D eigenvalue weighted by Gasteiger charge is -2.45. The largest absolute Gasteiger partial charge is 0.456 e. The molecule has 3 nitrogen and oxygen atoms in total. The van der Waals surface area contributed by atoms with Crippen LogP contribution < -0.4 is 63.3 Å². The van der Waals surface area contributed by atoms with Gasteiger partial charge in [0.15, 0.2) is 8.07 Å². The topological polar surface area (TPSA) is 19.6 Å². The van der Waals surface area contributed by atoms with Gasteiger partial charge >= 0.3 is 0 Å². The second kappa shape index (κ2) is 19.0. The molecule has 0 N–H and O–H groups in total. The Bertz CT molecular complexity index is 4230. The SMILES string of the molecule is Cc1ccc(N(c2ccc(C)cc2)c2cc(C)c(B3c4cc([Si](c5ccccc5)(c5ccccc5)c5ccc6c(c5)oc5ccccc56)ccc4N4c5ccccc5B(c5c(C)cc(C)cc5C)c5cccc3c54)c(C)c2)cc1. The lowest BCUT2D eigenvalue weighted by molar-refractivity contribution is 0.669. The maximum Gasteiger partial charge on any atom is 0.247 e. The molecule has 0 aliphatic carbocycles. The maximum absolute atomic E-state index is 6.77. The van der Waals surface area contributed by atoms with Crippen molar-refractivity contribution in [1.82, 2.24) is 0 Å².